The quantitative estimate of drug-likeness (QED) is 0.842. The zero-order chi connectivity index (χ0) is 18.6. The van der Waals surface area contributed by atoms with Crippen molar-refractivity contribution in [1.29, 1.82) is 0 Å². The Morgan fingerprint density at radius 2 is 1.81 bits per heavy atom. The normalized spacial score (nSPS) is 14.4. The van der Waals surface area contributed by atoms with Crippen molar-refractivity contribution in [3.8, 4) is 5.75 Å². The molecule has 2 aromatic rings. The number of ether oxygens (including phenoxy) is 1. The number of sulfonamides is 1. The first-order valence-electron chi connectivity index (χ1n) is 8.51. The predicted octanol–water partition coefficient (Wildman–Crippen LogP) is 2.41. The van der Waals surface area contributed by atoms with Crippen LogP contribution in [0.4, 0.5) is 0 Å². The maximum Gasteiger partial charge on any atom is 0.253 e. The second kappa shape index (κ2) is 7.88. The third-order valence-electron chi connectivity index (χ3n) is 4.41. The largest absolute Gasteiger partial charge is 0.497 e. The average Bonchev–Trinajstić information content (AvgIpc) is 3.21. The van der Waals surface area contributed by atoms with Gasteiger partial charge in [-0.05, 0) is 42.7 Å². The third kappa shape index (κ3) is 4.23. The van der Waals surface area contributed by atoms with Gasteiger partial charge >= 0.3 is 0 Å². The maximum absolute atomic E-state index is 12.4. The molecule has 1 heterocycles. The monoisotopic (exact) mass is 374 g/mol. The molecular weight excluding hydrogens is 352 g/mol. The van der Waals surface area contributed by atoms with Crippen molar-refractivity contribution in [2.45, 2.75) is 24.3 Å². The molecule has 1 aliphatic heterocycles. The fourth-order valence-corrected chi connectivity index (χ4v) is 3.95. The molecule has 0 unspecified atom stereocenters. The summed E-state index contributed by atoms with van der Waals surface area (Å²) in [7, 11) is -2.15. The number of methoxy groups -OCH3 is 1. The Kier molecular flexibility index (Phi) is 5.58. The van der Waals surface area contributed by atoms with E-state index < -0.39 is 10.0 Å². The molecule has 1 fully saturated rings. The van der Waals surface area contributed by atoms with Gasteiger partial charge in [-0.15, -0.1) is 0 Å². The molecule has 2 aromatic carbocycles. The molecular formula is C19H22N2O4S. The lowest BCUT2D eigenvalue weighted by Crippen LogP contribution is -2.27. The van der Waals surface area contributed by atoms with Crippen LogP contribution in [0.3, 0.4) is 0 Å². The van der Waals surface area contributed by atoms with Crippen molar-refractivity contribution >= 4 is 15.9 Å². The van der Waals surface area contributed by atoms with Crippen molar-refractivity contribution in [3.63, 3.8) is 0 Å². The lowest BCUT2D eigenvalue weighted by molar-refractivity contribution is 0.0793. The summed E-state index contributed by atoms with van der Waals surface area (Å²) >= 11 is 0. The first-order chi connectivity index (χ1) is 12.5. The zero-order valence-corrected chi connectivity index (χ0v) is 15.5. The number of rotatable bonds is 6. The van der Waals surface area contributed by atoms with Crippen molar-refractivity contribution in [3.05, 3.63) is 59.7 Å². The summed E-state index contributed by atoms with van der Waals surface area (Å²) in [5.74, 6) is 0.517. The Labute approximate surface area is 153 Å². The van der Waals surface area contributed by atoms with E-state index in [4.69, 9.17) is 4.74 Å². The van der Waals surface area contributed by atoms with Gasteiger partial charge in [0, 0.05) is 31.3 Å². The highest BCUT2D eigenvalue weighted by Gasteiger charge is 2.19. The van der Waals surface area contributed by atoms with E-state index in [0.717, 1.165) is 31.5 Å². The molecule has 138 valence electrons. The fraction of sp³-hybridized carbons (Fsp3) is 0.316. The molecule has 1 aliphatic rings. The van der Waals surface area contributed by atoms with Gasteiger partial charge in [-0.1, -0.05) is 18.2 Å². The second-order valence-electron chi connectivity index (χ2n) is 6.20. The van der Waals surface area contributed by atoms with Gasteiger partial charge in [0.05, 0.1) is 12.0 Å². The highest BCUT2D eigenvalue weighted by Crippen LogP contribution is 2.18. The minimum atomic E-state index is -3.64. The zero-order valence-electron chi connectivity index (χ0n) is 14.6. The average molecular weight is 374 g/mol. The maximum atomic E-state index is 12.4. The van der Waals surface area contributed by atoms with Gasteiger partial charge in [0.15, 0.2) is 0 Å². The smallest absolute Gasteiger partial charge is 0.253 e. The summed E-state index contributed by atoms with van der Waals surface area (Å²) in [6, 6.07) is 13.4. The topological polar surface area (TPSA) is 75.7 Å². The standard InChI is InChI=1S/C19H22N2O4S/c1-25-17-5-4-6-18(13-17)26(23,24)20-14-15-7-9-16(10-8-15)19(22)21-11-2-3-12-21/h4-10,13,20H,2-3,11-12,14H2,1H3. The SMILES string of the molecule is COc1cccc(S(=O)(=O)NCc2ccc(C(=O)N3CCCC3)cc2)c1. The molecule has 1 saturated heterocycles. The van der Waals surface area contributed by atoms with Crippen LogP contribution in [0.5, 0.6) is 5.75 Å². The van der Waals surface area contributed by atoms with Crippen LogP contribution in [0.2, 0.25) is 0 Å². The van der Waals surface area contributed by atoms with Gasteiger partial charge in [-0.25, -0.2) is 13.1 Å². The van der Waals surface area contributed by atoms with E-state index in [0.29, 0.717) is 11.3 Å². The Balaban J connectivity index is 1.64. The second-order valence-corrected chi connectivity index (χ2v) is 7.97. The van der Waals surface area contributed by atoms with Crippen molar-refractivity contribution in [2.24, 2.45) is 0 Å². The van der Waals surface area contributed by atoms with Crippen LogP contribution in [-0.4, -0.2) is 39.4 Å². The Morgan fingerprint density at radius 1 is 1.12 bits per heavy atom. The number of amides is 1. The Morgan fingerprint density at radius 3 is 2.46 bits per heavy atom. The van der Waals surface area contributed by atoms with E-state index >= 15 is 0 Å². The summed E-state index contributed by atoms with van der Waals surface area (Å²) < 4.78 is 32.4. The molecule has 0 aliphatic carbocycles. The molecule has 7 heteroatoms. The molecule has 1 N–H and O–H groups in total. The van der Waals surface area contributed by atoms with Gasteiger partial charge in [0.25, 0.3) is 5.91 Å². The fourth-order valence-electron chi connectivity index (χ4n) is 2.90. The molecule has 0 atom stereocenters. The van der Waals surface area contributed by atoms with E-state index in [9.17, 15) is 13.2 Å². The third-order valence-corrected chi connectivity index (χ3v) is 5.81. The molecule has 0 bridgehead atoms. The predicted molar refractivity (Wildman–Crippen MR) is 98.6 cm³/mol. The van der Waals surface area contributed by atoms with Gasteiger partial charge in [0.2, 0.25) is 10.0 Å². The van der Waals surface area contributed by atoms with E-state index in [2.05, 4.69) is 4.72 Å². The number of likely N-dealkylation sites (tertiary alicyclic amines) is 1. The first-order valence-corrected chi connectivity index (χ1v) is 10.00. The van der Waals surface area contributed by atoms with Gasteiger partial charge in [-0.3, -0.25) is 4.79 Å². The number of carbonyl (C=O) groups excluding carboxylic acids is 1. The number of benzene rings is 2. The van der Waals surface area contributed by atoms with Crippen LogP contribution in [-0.2, 0) is 16.6 Å². The summed E-state index contributed by atoms with van der Waals surface area (Å²) in [4.78, 5) is 14.3. The number of nitrogens with zero attached hydrogens (tertiary/aromatic N) is 1. The molecule has 6 nitrogen and oxygen atoms in total. The van der Waals surface area contributed by atoms with E-state index in [-0.39, 0.29) is 17.3 Å². The van der Waals surface area contributed by atoms with Crippen molar-refractivity contribution < 1.29 is 17.9 Å². The van der Waals surface area contributed by atoms with Gasteiger partial charge < -0.3 is 9.64 Å². The minimum Gasteiger partial charge on any atom is -0.497 e. The molecule has 0 aromatic heterocycles. The number of carbonyl (C=O) groups is 1. The van der Waals surface area contributed by atoms with Crippen LogP contribution >= 0.6 is 0 Å². The van der Waals surface area contributed by atoms with Crippen molar-refractivity contribution in [2.75, 3.05) is 20.2 Å². The van der Waals surface area contributed by atoms with E-state index in [1.807, 2.05) is 4.90 Å². The highest BCUT2D eigenvalue weighted by atomic mass is 32.2. The summed E-state index contributed by atoms with van der Waals surface area (Å²) in [6.07, 6.45) is 2.10. The van der Waals surface area contributed by atoms with Gasteiger partial charge in [-0.2, -0.15) is 0 Å². The summed E-state index contributed by atoms with van der Waals surface area (Å²) in [6.45, 7) is 1.76. The molecule has 0 radical (unpaired) electrons. The van der Waals surface area contributed by atoms with Gasteiger partial charge in [0.1, 0.15) is 5.75 Å². The van der Waals surface area contributed by atoms with Crippen molar-refractivity contribution in [1.82, 2.24) is 9.62 Å². The van der Waals surface area contributed by atoms with E-state index in [1.54, 1.807) is 36.4 Å². The number of hydrogen-bond acceptors (Lipinski definition) is 4. The molecule has 0 spiro atoms. The van der Waals surface area contributed by atoms with Crippen LogP contribution in [0.1, 0.15) is 28.8 Å². The Bertz CT molecular complexity index is 873. The van der Waals surface area contributed by atoms with Crippen LogP contribution < -0.4 is 9.46 Å². The van der Waals surface area contributed by atoms with Crippen LogP contribution in [0.25, 0.3) is 0 Å². The highest BCUT2D eigenvalue weighted by molar-refractivity contribution is 7.89. The molecule has 0 saturated carbocycles. The molecule has 1 amide bonds. The Hall–Kier alpha value is -2.38. The van der Waals surface area contributed by atoms with Crippen LogP contribution in [0, 0.1) is 0 Å². The van der Waals surface area contributed by atoms with E-state index in [1.165, 1.54) is 19.2 Å². The lowest BCUT2D eigenvalue weighted by Gasteiger charge is -2.15. The first kappa shape index (κ1) is 18.4. The molecule has 26 heavy (non-hydrogen) atoms. The lowest BCUT2D eigenvalue weighted by atomic mass is 10.1. The number of nitrogens with one attached hydrogen (secondary N) is 1. The van der Waals surface area contributed by atoms with Crippen LogP contribution in [0.15, 0.2) is 53.4 Å². The summed E-state index contributed by atoms with van der Waals surface area (Å²) in [5.41, 5.74) is 1.42. The minimum absolute atomic E-state index is 0.0333. The summed E-state index contributed by atoms with van der Waals surface area (Å²) in [5, 5.41) is 0. The molecule has 3 rings (SSSR count). The number of hydrogen-bond donors (Lipinski definition) is 1.